The first-order valence-electron chi connectivity index (χ1n) is 5.40. The standard InChI is InChI=1S/C9H11N3O6S/c13-7-6(4-10-9(16)11-7)19(17,18)12-3-1-2-5(12)8(14)15/h4-5H,1-3H2,(H,14,15)(H2,10,11,13,16)/t5-/m0/s1. The van der Waals surface area contributed by atoms with Crippen molar-refractivity contribution in [2.24, 2.45) is 0 Å². The third-order valence-electron chi connectivity index (χ3n) is 2.86. The summed E-state index contributed by atoms with van der Waals surface area (Å²) in [5, 5.41) is 8.96. The number of rotatable bonds is 3. The van der Waals surface area contributed by atoms with Crippen LogP contribution in [0.1, 0.15) is 12.8 Å². The van der Waals surface area contributed by atoms with Gasteiger partial charge in [0.2, 0.25) is 0 Å². The number of sulfonamides is 1. The molecule has 0 spiro atoms. The van der Waals surface area contributed by atoms with Crippen molar-refractivity contribution < 1.29 is 18.3 Å². The Bertz CT molecular complexity index is 718. The molecule has 1 saturated heterocycles. The van der Waals surface area contributed by atoms with E-state index < -0.39 is 38.2 Å². The van der Waals surface area contributed by atoms with Gasteiger partial charge in [-0.3, -0.25) is 14.6 Å². The Morgan fingerprint density at radius 1 is 1.42 bits per heavy atom. The lowest BCUT2D eigenvalue weighted by Crippen LogP contribution is -2.42. The first-order chi connectivity index (χ1) is 8.84. The van der Waals surface area contributed by atoms with Crippen molar-refractivity contribution in [3.8, 4) is 0 Å². The van der Waals surface area contributed by atoms with Crippen molar-refractivity contribution in [1.29, 1.82) is 0 Å². The van der Waals surface area contributed by atoms with Gasteiger partial charge in [0.15, 0.2) is 4.90 Å². The van der Waals surface area contributed by atoms with Gasteiger partial charge < -0.3 is 10.1 Å². The van der Waals surface area contributed by atoms with Crippen molar-refractivity contribution >= 4 is 16.0 Å². The minimum absolute atomic E-state index is 0.0257. The number of carboxylic acids is 1. The maximum absolute atomic E-state index is 12.2. The summed E-state index contributed by atoms with van der Waals surface area (Å²) < 4.78 is 25.2. The molecule has 2 heterocycles. The number of aliphatic carboxylic acids is 1. The second kappa shape index (κ2) is 4.63. The van der Waals surface area contributed by atoms with Gasteiger partial charge in [0.25, 0.3) is 15.6 Å². The minimum Gasteiger partial charge on any atom is -0.480 e. The van der Waals surface area contributed by atoms with Gasteiger partial charge in [-0.15, -0.1) is 0 Å². The van der Waals surface area contributed by atoms with Crippen LogP contribution in [-0.4, -0.2) is 46.4 Å². The van der Waals surface area contributed by atoms with E-state index in [0.29, 0.717) is 6.42 Å². The van der Waals surface area contributed by atoms with E-state index in [1.165, 1.54) is 0 Å². The molecular weight excluding hydrogens is 278 g/mol. The smallest absolute Gasteiger partial charge is 0.325 e. The van der Waals surface area contributed by atoms with Gasteiger partial charge in [0.1, 0.15) is 6.04 Å². The summed E-state index contributed by atoms with van der Waals surface area (Å²) in [4.78, 5) is 36.5. The predicted octanol–water partition coefficient (Wildman–Crippen LogP) is -1.70. The second-order valence-corrected chi connectivity index (χ2v) is 5.91. The molecule has 0 bridgehead atoms. The highest BCUT2D eigenvalue weighted by atomic mass is 32.2. The van der Waals surface area contributed by atoms with E-state index >= 15 is 0 Å². The van der Waals surface area contributed by atoms with E-state index in [1.54, 1.807) is 4.98 Å². The third-order valence-corrected chi connectivity index (χ3v) is 4.77. The van der Waals surface area contributed by atoms with Crippen LogP contribution in [0.15, 0.2) is 20.7 Å². The molecule has 1 aromatic heterocycles. The van der Waals surface area contributed by atoms with Gasteiger partial charge in [-0.1, -0.05) is 0 Å². The number of hydrogen-bond acceptors (Lipinski definition) is 5. The molecule has 0 saturated carbocycles. The molecule has 0 amide bonds. The maximum atomic E-state index is 12.2. The molecule has 0 radical (unpaired) electrons. The average Bonchev–Trinajstić information content (AvgIpc) is 2.77. The lowest BCUT2D eigenvalue weighted by Gasteiger charge is -2.20. The van der Waals surface area contributed by atoms with Crippen LogP contribution < -0.4 is 11.2 Å². The zero-order chi connectivity index (χ0) is 14.2. The molecule has 19 heavy (non-hydrogen) atoms. The molecule has 1 aliphatic rings. The number of nitrogens with zero attached hydrogens (tertiary/aromatic N) is 1. The highest BCUT2D eigenvalue weighted by Gasteiger charge is 2.40. The summed E-state index contributed by atoms with van der Waals surface area (Å²) in [5.41, 5.74) is -1.90. The molecule has 2 rings (SSSR count). The Hall–Kier alpha value is -1.94. The van der Waals surface area contributed by atoms with Crippen molar-refractivity contribution in [1.82, 2.24) is 14.3 Å². The van der Waals surface area contributed by atoms with E-state index in [2.05, 4.69) is 0 Å². The summed E-state index contributed by atoms with van der Waals surface area (Å²) in [6.45, 7) is 0.0257. The Labute approximate surface area is 106 Å². The third kappa shape index (κ3) is 2.31. The van der Waals surface area contributed by atoms with Crippen LogP contribution in [0, 0.1) is 0 Å². The van der Waals surface area contributed by atoms with E-state index in [9.17, 15) is 22.8 Å². The molecule has 1 atom stereocenters. The lowest BCUT2D eigenvalue weighted by molar-refractivity contribution is -0.140. The molecule has 3 N–H and O–H groups in total. The molecule has 1 fully saturated rings. The van der Waals surface area contributed by atoms with Gasteiger partial charge in [0, 0.05) is 12.7 Å². The largest absolute Gasteiger partial charge is 0.480 e. The fourth-order valence-corrected chi connectivity index (χ4v) is 3.64. The Morgan fingerprint density at radius 2 is 2.11 bits per heavy atom. The topological polar surface area (TPSA) is 140 Å². The van der Waals surface area contributed by atoms with Crippen LogP contribution in [0.25, 0.3) is 0 Å². The molecule has 10 heteroatoms. The Kier molecular flexibility index (Phi) is 3.28. The van der Waals surface area contributed by atoms with E-state index in [-0.39, 0.29) is 13.0 Å². The van der Waals surface area contributed by atoms with Gasteiger partial charge in [0.05, 0.1) is 0 Å². The van der Waals surface area contributed by atoms with Crippen LogP contribution in [0.2, 0.25) is 0 Å². The van der Waals surface area contributed by atoms with Gasteiger partial charge in [-0.05, 0) is 12.8 Å². The minimum atomic E-state index is -4.24. The summed E-state index contributed by atoms with van der Waals surface area (Å²) in [7, 11) is -4.24. The summed E-state index contributed by atoms with van der Waals surface area (Å²) >= 11 is 0. The first kappa shape index (κ1) is 13.5. The summed E-state index contributed by atoms with van der Waals surface area (Å²) in [6.07, 6.45) is 1.36. The Morgan fingerprint density at radius 3 is 2.68 bits per heavy atom. The number of aromatic nitrogens is 2. The fraction of sp³-hybridized carbons (Fsp3) is 0.444. The fourth-order valence-electron chi connectivity index (χ4n) is 1.99. The number of aromatic amines is 2. The number of H-pyrrole nitrogens is 2. The van der Waals surface area contributed by atoms with Crippen molar-refractivity contribution in [2.45, 2.75) is 23.8 Å². The number of hydrogen-bond donors (Lipinski definition) is 3. The van der Waals surface area contributed by atoms with E-state index in [4.69, 9.17) is 5.11 Å². The van der Waals surface area contributed by atoms with Crippen LogP contribution >= 0.6 is 0 Å². The highest BCUT2D eigenvalue weighted by Crippen LogP contribution is 2.24. The number of nitrogens with one attached hydrogen (secondary N) is 2. The average molecular weight is 289 g/mol. The first-order valence-corrected chi connectivity index (χ1v) is 6.84. The molecule has 0 aliphatic carbocycles. The van der Waals surface area contributed by atoms with E-state index in [0.717, 1.165) is 10.5 Å². The van der Waals surface area contributed by atoms with E-state index in [1.807, 2.05) is 4.98 Å². The second-order valence-electron chi connectivity index (χ2n) is 4.05. The monoisotopic (exact) mass is 289 g/mol. The van der Waals surface area contributed by atoms with Crippen LogP contribution in [0.5, 0.6) is 0 Å². The number of carboxylic acid groups (broad SMARTS) is 1. The normalized spacial score (nSPS) is 20.5. The molecular formula is C9H11N3O6S. The van der Waals surface area contributed by atoms with Crippen molar-refractivity contribution in [3.05, 3.63) is 27.0 Å². The predicted molar refractivity (Wildman–Crippen MR) is 62.2 cm³/mol. The van der Waals surface area contributed by atoms with Crippen molar-refractivity contribution in [2.75, 3.05) is 6.54 Å². The van der Waals surface area contributed by atoms with Gasteiger partial charge in [-0.25, -0.2) is 13.2 Å². The zero-order valence-corrected chi connectivity index (χ0v) is 10.4. The summed E-state index contributed by atoms with van der Waals surface area (Å²) in [5.74, 6) is -1.26. The summed E-state index contributed by atoms with van der Waals surface area (Å²) in [6, 6.07) is -1.18. The molecule has 9 nitrogen and oxygen atoms in total. The molecule has 1 aliphatic heterocycles. The number of carbonyl (C=O) groups is 1. The SMILES string of the molecule is O=C(O)[C@@H]1CCCN1S(=O)(=O)c1c[nH]c(=O)[nH]c1=O. The molecule has 0 aromatic carbocycles. The van der Waals surface area contributed by atoms with Crippen molar-refractivity contribution in [3.63, 3.8) is 0 Å². The van der Waals surface area contributed by atoms with Gasteiger partial charge >= 0.3 is 11.7 Å². The highest BCUT2D eigenvalue weighted by molar-refractivity contribution is 7.89. The lowest BCUT2D eigenvalue weighted by atomic mass is 10.2. The van der Waals surface area contributed by atoms with Crippen LogP contribution in [0.3, 0.4) is 0 Å². The van der Waals surface area contributed by atoms with Crippen LogP contribution in [0.4, 0.5) is 0 Å². The zero-order valence-electron chi connectivity index (χ0n) is 9.62. The van der Waals surface area contributed by atoms with Crippen LogP contribution in [-0.2, 0) is 14.8 Å². The molecule has 104 valence electrons. The quantitative estimate of drug-likeness (QED) is 0.606. The molecule has 0 unspecified atom stereocenters. The van der Waals surface area contributed by atoms with Gasteiger partial charge in [-0.2, -0.15) is 4.31 Å². The Balaban J connectivity index is 2.51. The molecule has 1 aromatic rings. The maximum Gasteiger partial charge on any atom is 0.325 e.